The quantitative estimate of drug-likeness (QED) is 0.812. The molecule has 1 aliphatic heterocycles. The molecule has 0 amide bonds. The number of rotatable bonds is 1. The molecule has 4 nitrogen and oxygen atoms in total. The number of benzene rings is 2. The third-order valence-corrected chi connectivity index (χ3v) is 4.10. The lowest BCUT2D eigenvalue weighted by molar-refractivity contribution is 0.0976. The van der Waals surface area contributed by atoms with E-state index in [-0.39, 0.29) is 40.4 Å². The van der Waals surface area contributed by atoms with Crippen molar-refractivity contribution in [3.63, 3.8) is 0 Å². The Morgan fingerprint density at radius 3 is 2.70 bits per heavy atom. The van der Waals surface area contributed by atoms with Crippen molar-refractivity contribution in [3.8, 4) is 11.5 Å². The molecule has 2 aromatic carbocycles. The first-order valence-electron chi connectivity index (χ1n) is 7.04. The highest BCUT2D eigenvalue weighted by Crippen LogP contribution is 2.42. The second-order valence-corrected chi connectivity index (χ2v) is 5.32. The number of allylic oxidation sites excluding steroid dienone is 1. The highest BCUT2D eigenvalue weighted by Gasteiger charge is 2.38. The smallest absolute Gasteiger partial charge is 0.197 e. The van der Waals surface area contributed by atoms with E-state index in [1.165, 1.54) is 25.3 Å². The Bertz CT molecular complexity index is 911. The minimum Gasteiger partial charge on any atom is -0.496 e. The molecule has 2 aliphatic rings. The first kappa shape index (κ1) is 13.7. The molecule has 114 valence electrons. The summed E-state index contributed by atoms with van der Waals surface area (Å²) < 4.78 is 24.3. The lowest BCUT2D eigenvalue weighted by Gasteiger charge is -2.27. The topological polar surface area (TPSA) is 52.6 Å². The maximum absolute atomic E-state index is 13.6. The predicted octanol–water partition coefficient (Wildman–Crippen LogP) is 3.06. The van der Waals surface area contributed by atoms with Gasteiger partial charge in [-0.2, -0.15) is 0 Å². The minimum absolute atomic E-state index is 0.0178. The third kappa shape index (κ3) is 1.83. The molecule has 0 spiro atoms. The number of halogens is 1. The summed E-state index contributed by atoms with van der Waals surface area (Å²) in [5, 5.41) is 0. The van der Waals surface area contributed by atoms with Gasteiger partial charge in [0.1, 0.15) is 23.9 Å². The molecule has 4 rings (SSSR count). The fourth-order valence-corrected chi connectivity index (χ4v) is 3.06. The van der Waals surface area contributed by atoms with Gasteiger partial charge >= 0.3 is 0 Å². The molecule has 0 fully saturated rings. The number of carbonyl (C=O) groups is 2. The van der Waals surface area contributed by atoms with Crippen molar-refractivity contribution in [3.05, 3.63) is 64.5 Å². The number of Topliss-reactive ketones (excluding diaryl/α,β-unsaturated/α-hetero) is 2. The Morgan fingerprint density at radius 1 is 1.09 bits per heavy atom. The van der Waals surface area contributed by atoms with Crippen LogP contribution in [-0.2, 0) is 0 Å². The number of methoxy groups -OCH3 is 1. The minimum atomic E-state index is -0.488. The molecule has 0 aromatic heterocycles. The standard InChI is InChI=1S/C18H11FO4/c1-22-14-4-2-3-10-16(14)18(21)12-8-23-13-6-5-9(19)7-11(13)15(12)17(10)20/h2-7H,8H2,1H3. The van der Waals surface area contributed by atoms with E-state index in [9.17, 15) is 14.0 Å². The third-order valence-electron chi connectivity index (χ3n) is 4.10. The second kappa shape index (κ2) is 4.78. The Labute approximate surface area is 131 Å². The first-order chi connectivity index (χ1) is 11.1. The number of ketones is 2. The van der Waals surface area contributed by atoms with Gasteiger partial charge in [0.15, 0.2) is 11.6 Å². The normalized spacial score (nSPS) is 15.6. The molecule has 2 aromatic rings. The van der Waals surface area contributed by atoms with Crippen LogP contribution in [0, 0.1) is 5.82 Å². The van der Waals surface area contributed by atoms with Crippen LogP contribution in [0.15, 0.2) is 42.0 Å². The molecule has 0 N–H and O–H groups in total. The van der Waals surface area contributed by atoms with Crippen LogP contribution in [-0.4, -0.2) is 25.3 Å². The van der Waals surface area contributed by atoms with Crippen molar-refractivity contribution in [2.45, 2.75) is 0 Å². The van der Waals surface area contributed by atoms with Crippen molar-refractivity contribution in [2.24, 2.45) is 0 Å². The van der Waals surface area contributed by atoms with Crippen LogP contribution in [0.2, 0.25) is 0 Å². The van der Waals surface area contributed by atoms with Crippen LogP contribution in [0.25, 0.3) is 5.57 Å². The molecule has 0 unspecified atom stereocenters. The van der Waals surface area contributed by atoms with Crippen LogP contribution in [0.1, 0.15) is 26.3 Å². The lowest BCUT2D eigenvalue weighted by Crippen LogP contribution is -2.28. The molecule has 1 heterocycles. The van der Waals surface area contributed by atoms with Gasteiger partial charge in [-0.3, -0.25) is 9.59 Å². The van der Waals surface area contributed by atoms with Crippen LogP contribution >= 0.6 is 0 Å². The zero-order valence-corrected chi connectivity index (χ0v) is 12.2. The fraction of sp³-hybridized carbons (Fsp3) is 0.111. The Kier molecular flexibility index (Phi) is 2.84. The van der Waals surface area contributed by atoms with Gasteiger partial charge in [-0.05, 0) is 24.3 Å². The van der Waals surface area contributed by atoms with Crippen molar-refractivity contribution >= 4 is 17.1 Å². The Morgan fingerprint density at radius 2 is 1.91 bits per heavy atom. The SMILES string of the molecule is COc1cccc2c1C(=O)C1=C(C2=O)c2cc(F)ccc2OC1. The van der Waals surface area contributed by atoms with Crippen molar-refractivity contribution in [1.29, 1.82) is 0 Å². The zero-order valence-electron chi connectivity index (χ0n) is 12.2. The lowest BCUT2D eigenvalue weighted by atomic mass is 9.80. The van der Waals surface area contributed by atoms with Crippen LogP contribution < -0.4 is 9.47 Å². The maximum Gasteiger partial charge on any atom is 0.197 e. The summed E-state index contributed by atoms with van der Waals surface area (Å²) in [5.41, 5.74) is 1.28. The maximum atomic E-state index is 13.6. The van der Waals surface area contributed by atoms with E-state index >= 15 is 0 Å². The molecule has 0 saturated heterocycles. The summed E-state index contributed by atoms with van der Waals surface area (Å²) in [6.45, 7) is -0.0178. The number of fused-ring (bicyclic) bond motifs is 3. The van der Waals surface area contributed by atoms with E-state index in [4.69, 9.17) is 9.47 Å². The van der Waals surface area contributed by atoms with Crippen LogP contribution in [0.4, 0.5) is 4.39 Å². The summed E-state index contributed by atoms with van der Waals surface area (Å²) in [4.78, 5) is 25.7. The summed E-state index contributed by atoms with van der Waals surface area (Å²) in [7, 11) is 1.44. The molecule has 0 saturated carbocycles. The van der Waals surface area contributed by atoms with Gasteiger partial charge in [0, 0.05) is 22.3 Å². The average Bonchev–Trinajstić information content (AvgIpc) is 2.57. The molecule has 0 bridgehead atoms. The zero-order chi connectivity index (χ0) is 16.1. The largest absolute Gasteiger partial charge is 0.496 e. The van der Waals surface area contributed by atoms with E-state index in [1.807, 2.05) is 0 Å². The number of carbonyl (C=O) groups excluding carboxylic acids is 2. The first-order valence-corrected chi connectivity index (χ1v) is 7.04. The average molecular weight is 310 g/mol. The van der Waals surface area contributed by atoms with Gasteiger partial charge in [-0.25, -0.2) is 4.39 Å². The van der Waals surface area contributed by atoms with Gasteiger partial charge in [-0.15, -0.1) is 0 Å². The summed E-state index contributed by atoms with van der Waals surface area (Å²) >= 11 is 0. The number of hydrogen-bond donors (Lipinski definition) is 0. The van der Waals surface area contributed by atoms with E-state index < -0.39 is 5.82 Å². The highest BCUT2D eigenvalue weighted by molar-refractivity contribution is 6.41. The van der Waals surface area contributed by atoms with E-state index in [1.54, 1.807) is 18.2 Å². The fourth-order valence-electron chi connectivity index (χ4n) is 3.06. The summed E-state index contributed by atoms with van der Waals surface area (Å²) in [6.07, 6.45) is 0. The molecule has 0 atom stereocenters. The molecular weight excluding hydrogens is 299 g/mol. The molecule has 0 radical (unpaired) electrons. The van der Waals surface area contributed by atoms with E-state index in [0.717, 1.165) is 0 Å². The van der Waals surface area contributed by atoms with Crippen molar-refractivity contribution < 1.29 is 23.5 Å². The van der Waals surface area contributed by atoms with Gasteiger partial charge in [-0.1, -0.05) is 12.1 Å². The van der Waals surface area contributed by atoms with Gasteiger partial charge in [0.05, 0.1) is 12.7 Å². The molecule has 5 heteroatoms. The Balaban J connectivity index is 2.00. The van der Waals surface area contributed by atoms with Crippen LogP contribution in [0.3, 0.4) is 0 Å². The summed E-state index contributed by atoms with van der Waals surface area (Å²) in [6, 6.07) is 8.81. The van der Waals surface area contributed by atoms with Crippen LogP contribution in [0.5, 0.6) is 11.5 Å². The number of hydrogen-bond acceptors (Lipinski definition) is 4. The molecule has 1 aliphatic carbocycles. The van der Waals surface area contributed by atoms with Gasteiger partial charge in [0.25, 0.3) is 0 Å². The highest BCUT2D eigenvalue weighted by atomic mass is 19.1. The summed E-state index contributed by atoms with van der Waals surface area (Å²) in [5.74, 6) is -0.376. The van der Waals surface area contributed by atoms with E-state index in [2.05, 4.69) is 0 Å². The molecule has 23 heavy (non-hydrogen) atoms. The van der Waals surface area contributed by atoms with E-state index in [0.29, 0.717) is 17.1 Å². The monoisotopic (exact) mass is 310 g/mol. The van der Waals surface area contributed by atoms with Crippen molar-refractivity contribution in [1.82, 2.24) is 0 Å². The number of ether oxygens (including phenoxy) is 2. The van der Waals surface area contributed by atoms with Gasteiger partial charge in [0.2, 0.25) is 0 Å². The van der Waals surface area contributed by atoms with Gasteiger partial charge < -0.3 is 9.47 Å². The second-order valence-electron chi connectivity index (χ2n) is 5.32. The Hall–Kier alpha value is -2.95. The molecular formula is C18H11FO4. The van der Waals surface area contributed by atoms with Crippen molar-refractivity contribution in [2.75, 3.05) is 13.7 Å². The predicted molar refractivity (Wildman–Crippen MR) is 80.5 cm³/mol.